The second kappa shape index (κ2) is 3.33. The maximum atomic E-state index is 5.56. The molecule has 0 aliphatic carbocycles. The second-order valence-electron chi connectivity index (χ2n) is 4.44. The molecule has 0 bridgehead atoms. The van der Waals surface area contributed by atoms with Crippen LogP contribution >= 0.6 is 0 Å². The van der Waals surface area contributed by atoms with Crippen LogP contribution in [0.25, 0.3) is 0 Å². The molecule has 3 heteroatoms. The van der Waals surface area contributed by atoms with E-state index in [0.717, 1.165) is 25.7 Å². The quantitative estimate of drug-likeness (QED) is 0.593. The van der Waals surface area contributed by atoms with Crippen molar-refractivity contribution in [3.05, 3.63) is 0 Å². The van der Waals surface area contributed by atoms with Gasteiger partial charge in [-0.25, -0.2) is 4.99 Å². The highest BCUT2D eigenvalue weighted by atomic mass is 16.5. The fraction of sp³-hybridized carbons (Fsp3) is 0.889. The van der Waals surface area contributed by atoms with E-state index in [2.05, 4.69) is 25.8 Å². The molecule has 0 unspecified atom stereocenters. The molecule has 1 heterocycles. The molecule has 1 aliphatic heterocycles. The first-order valence-corrected chi connectivity index (χ1v) is 4.37. The lowest BCUT2D eigenvalue weighted by molar-refractivity contribution is 0.165. The third-order valence-corrected chi connectivity index (χ3v) is 1.64. The topological polar surface area (TPSA) is 24.8 Å². The fourth-order valence-electron chi connectivity index (χ4n) is 0.949. The maximum Gasteiger partial charge on any atom is 0.287 e. The van der Waals surface area contributed by atoms with Crippen molar-refractivity contribution in [2.24, 2.45) is 10.4 Å². The van der Waals surface area contributed by atoms with Crippen LogP contribution in [0.1, 0.15) is 20.8 Å². The molecule has 0 saturated heterocycles. The van der Waals surface area contributed by atoms with Crippen molar-refractivity contribution in [2.45, 2.75) is 20.8 Å². The molecule has 1 aliphatic rings. The van der Waals surface area contributed by atoms with E-state index in [9.17, 15) is 0 Å². The normalized spacial score (nSPS) is 18.0. The summed E-state index contributed by atoms with van der Waals surface area (Å²) in [6, 6.07) is 0.796. The van der Waals surface area contributed by atoms with Gasteiger partial charge in [-0.3, -0.25) is 0 Å². The van der Waals surface area contributed by atoms with Crippen molar-refractivity contribution >= 4 is 6.02 Å². The van der Waals surface area contributed by atoms with Crippen LogP contribution in [0.5, 0.6) is 0 Å². The smallest absolute Gasteiger partial charge is 0.287 e. The molecule has 0 aromatic rings. The summed E-state index contributed by atoms with van der Waals surface area (Å²) in [7, 11) is 2.01. The lowest BCUT2D eigenvalue weighted by Crippen LogP contribution is -2.28. The molecule has 0 radical (unpaired) electrons. The summed E-state index contributed by atoms with van der Waals surface area (Å²) in [6.45, 7) is 9.05. The van der Waals surface area contributed by atoms with Crippen LogP contribution in [0.15, 0.2) is 4.99 Å². The predicted molar refractivity (Wildman–Crippen MR) is 50.3 cm³/mol. The molecule has 12 heavy (non-hydrogen) atoms. The third kappa shape index (κ3) is 2.72. The Morgan fingerprint density at radius 1 is 1.50 bits per heavy atom. The van der Waals surface area contributed by atoms with Crippen molar-refractivity contribution < 1.29 is 4.74 Å². The number of rotatable bonds is 1. The largest absolute Gasteiger partial charge is 0.465 e. The van der Waals surface area contributed by atoms with E-state index < -0.39 is 0 Å². The van der Waals surface area contributed by atoms with Crippen LogP contribution in [-0.4, -0.2) is 37.7 Å². The lowest BCUT2D eigenvalue weighted by Gasteiger charge is -2.21. The molecule has 0 amide bonds. The van der Waals surface area contributed by atoms with Crippen LogP contribution in [0.4, 0.5) is 0 Å². The first-order chi connectivity index (χ1) is 5.49. The molecule has 0 N–H and O–H groups in total. The van der Waals surface area contributed by atoms with Crippen molar-refractivity contribution in [2.75, 3.05) is 26.7 Å². The van der Waals surface area contributed by atoms with Gasteiger partial charge in [0.25, 0.3) is 6.02 Å². The van der Waals surface area contributed by atoms with Gasteiger partial charge >= 0.3 is 0 Å². The third-order valence-electron chi connectivity index (χ3n) is 1.64. The summed E-state index contributed by atoms with van der Waals surface area (Å²) in [4.78, 5) is 6.29. The SMILES string of the molecule is CN1CCN=C1OCC(C)(C)C. The minimum Gasteiger partial charge on any atom is -0.465 e. The van der Waals surface area contributed by atoms with Crippen molar-refractivity contribution in [1.29, 1.82) is 0 Å². The highest BCUT2D eigenvalue weighted by Gasteiger charge is 2.17. The number of hydrogen-bond acceptors (Lipinski definition) is 3. The van der Waals surface area contributed by atoms with Gasteiger partial charge in [-0.1, -0.05) is 20.8 Å². The van der Waals surface area contributed by atoms with Gasteiger partial charge in [0.05, 0.1) is 13.2 Å². The standard InChI is InChI=1S/C9H18N2O/c1-9(2,3)7-12-8-10-5-6-11(8)4/h5-7H2,1-4H3. The molecular formula is C9H18N2O. The summed E-state index contributed by atoms with van der Waals surface area (Å²) < 4.78 is 5.56. The van der Waals surface area contributed by atoms with Gasteiger partial charge in [0.2, 0.25) is 0 Å². The van der Waals surface area contributed by atoms with E-state index in [-0.39, 0.29) is 5.41 Å². The van der Waals surface area contributed by atoms with E-state index in [4.69, 9.17) is 4.74 Å². The molecule has 1 rings (SSSR count). The minimum atomic E-state index is 0.214. The van der Waals surface area contributed by atoms with Crippen LogP contribution in [0, 0.1) is 5.41 Å². The Labute approximate surface area is 74.4 Å². The number of amidine groups is 1. The molecular weight excluding hydrogens is 152 g/mol. The minimum absolute atomic E-state index is 0.214. The van der Waals surface area contributed by atoms with Crippen molar-refractivity contribution in [3.63, 3.8) is 0 Å². The Morgan fingerprint density at radius 3 is 2.58 bits per heavy atom. The van der Waals surface area contributed by atoms with Gasteiger partial charge in [-0.15, -0.1) is 0 Å². The van der Waals surface area contributed by atoms with E-state index in [1.165, 1.54) is 0 Å². The Bertz CT molecular complexity index is 181. The summed E-state index contributed by atoms with van der Waals surface area (Å²) >= 11 is 0. The number of likely N-dealkylation sites (N-methyl/N-ethyl adjacent to an activating group) is 1. The number of ether oxygens (including phenoxy) is 1. The van der Waals surface area contributed by atoms with Gasteiger partial charge in [0.15, 0.2) is 0 Å². The van der Waals surface area contributed by atoms with E-state index >= 15 is 0 Å². The van der Waals surface area contributed by atoms with Crippen LogP contribution in [0.3, 0.4) is 0 Å². The molecule has 70 valence electrons. The first-order valence-electron chi connectivity index (χ1n) is 4.37. The summed E-state index contributed by atoms with van der Waals surface area (Å²) in [5.41, 5.74) is 0.214. The Hall–Kier alpha value is -0.730. The molecule has 0 aromatic heterocycles. The van der Waals surface area contributed by atoms with Gasteiger partial charge in [0.1, 0.15) is 0 Å². The van der Waals surface area contributed by atoms with Crippen molar-refractivity contribution in [3.8, 4) is 0 Å². The monoisotopic (exact) mass is 170 g/mol. The highest BCUT2D eigenvalue weighted by Crippen LogP contribution is 2.14. The molecule has 3 nitrogen and oxygen atoms in total. The summed E-state index contributed by atoms with van der Waals surface area (Å²) in [5, 5.41) is 0. The molecule has 0 aromatic carbocycles. The van der Waals surface area contributed by atoms with Gasteiger partial charge in [-0.2, -0.15) is 0 Å². The van der Waals surface area contributed by atoms with Crippen LogP contribution in [0.2, 0.25) is 0 Å². The van der Waals surface area contributed by atoms with Gasteiger partial charge < -0.3 is 9.64 Å². The predicted octanol–water partition coefficient (Wildman–Crippen LogP) is 1.35. The molecule has 0 fully saturated rings. The fourth-order valence-corrected chi connectivity index (χ4v) is 0.949. The summed E-state index contributed by atoms with van der Waals surface area (Å²) in [5.74, 6) is 0. The summed E-state index contributed by atoms with van der Waals surface area (Å²) in [6.07, 6.45) is 0. The van der Waals surface area contributed by atoms with Crippen LogP contribution < -0.4 is 0 Å². The zero-order valence-electron chi connectivity index (χ0n) is 8.42. The zero-order valence-corrected chi connectivity index (χ0v) is 8.42. The van der Waals surface area contributed by atoms with Gasteiger partial charge in [-0.05, 0) is 5.41 Å². The average Bonchev–Trinajstić information content (AvgIpc) is 2.29. The second-order valence-corrected chi connectivity index (χ2v) is 4.44. The molecule has 0 saturated carbocycles. The molecule has 0 spiro atoms. The van der Waals surface area contributed by atoms with E-state index in [0.29, 0.717) is 0 Å². The Morgan fingerprint density at radius 2 is 2.17 bits per heavy atom. The van der Waals surface area contributed by atoms with E-state index in [1.807, 2.05) is 11.9 Å². The number of aliphatic imine (C=N–C) groups is 1. The van der Waals surface area contributed by atoms with Gasteiger partial charge in [0, 0.05) is 13.6 Å². The van der Waals surface area contributed by atoms with E-state index in [1.54, 1.807) is 0 Å². The molecule has 0 atom stereocenters. The first kappa shape index (κ1) is 9.36. The lowest BCUT2D eigenvalue weighted by atomic mass is 9.99. The maximum absolute atomic E-state index is 5.56. The van der Waals surface area contributed by atoms with Crippen molar-refractivity contribution in [1.82, 2.24) is 4.90 Å². The highest BCUT2D eigenvalue weighted by molar-refractivity contribution is 5.75. The average molecular weight is 170 g/mol. The number of hydrogen-bond donors (Lipinski definition) is 0. The Kier molecular flexibility index (Phi) is 2.60. The Balaban J connectivity index is 2.32. The van der Waals surface area contributed by atoms with Crippen LogP contribution in [-0.2, 0) is 4.74 Å². The zero-order chi connectivity index (χ0) is 9.19. The number of nitrogens with zero attached hydrogens (tertiary/aromatic N) is 2.